The largest absolute Gasteiger partial charge is 0.345 e. The highest BCUT2D eigenvalue weighted by molar-refractivity contribution is 6.63. The molecular formula is C19H14Cl3N5. The first-order valence-electron chi connectivity index (χ1n) is 7.87. The molecule has 27 heavy (non-hydrogen) atoms. The lowest BCUT2D eigenvalue weighted by molar-refractivity contribution is 1.27. The first kappa shape index (κ1) is 19.3. The molecule has 0 aliphatic heterocycles. The van der Waals surface area contributed by atoms with Crippen LogP contribution >= 0.6 is 34.8 Å². The second-order valence-corrected chi connectivity index (χ2v) is 7.29. The topological polar surface area (TPSA) is 67.3 Å². The fraction of sp³-hybridized carbons (Fsp3) is 0.0526. The Balaban J connectivity index is 0.000000481. The van der Waals surface area contributed by atoms with Gasteiger partial charge in [0.1, 0.15) is 0 Å². The molecule has 8 heteroatoms. The Bertz CT molecular complexity index is 901. The standard InChI is InChI=1S/C18H13N5.CHCl3/c1-5-19-6-2-13(1)16-9-15(18-11-21-12-22-18)10-17(23-16)14-3-7-20-8-4-14;2-1(3)4/h1-12H,(H,21,22);1H. The van der Waals surface area contributed by atoms with Crippen LogP contribution in [0.5, 0.6) is 0 Å². The van der Waals surface area contributed by atoms with Gasteiger partial charge in [-0.1, -0.05) is 34.8 Å². The molecule has 5 nitrogen and oxygen atoms in total. The molecule has 0 bridgehead atoms. The molecule has 0 unspecified atom stereocenters. The van der Waals surface area contributed by atoms with Crippen LogP contribution in [0, 0.1) is 0 Å². The van der Waals surface area contributed by atoms with Crippen LogP contribution in [0.25, 0.3) is 33.8 Å². The molecule has 0 aliphatic carbocycles. The van der Waals surface area contributed by atoms with E-state index in [0.29, 0.717) is 0 Å². The van der Waals surface area contributed by atoms with Gasteiger partial charge in [0.05, 0.1) is 29.6 Å². The number of hydrogen-bond donors (Lipinski definition) is 1. The van der Waals surface area contributed by atoms with Crippen LogP contribution in [0.1, 0.15) is 0 Å². The highest BCUT2D eigenvalue weighted by Crippen LogP contribution is 2.28. The number of aromatic nitrogens is 5. The highest BCUT2D eigenvalue weighted by Gasteiger charge is 2.09. The number of imidazole rings is 1. The Morgan fingerprint density at radius 3 is 1.59 bits per heavy atom. The highest BCUT2D eigenvalue weighted by atomic mass is 35.6. The maximum Gasteiger partial charge on any atom is 0.180 e. The summed E-state index contributed by atoms with van der Waals surface area (Å²) in [4.78, 5) is 20.2. The van der Waals surface area contributed by atoms with Crippen molar-refractivity contribution in [1.82, 2.24) is 24.9 Å². The number of pyridine rings is 3. The smallest absolute Gasteiger partial charge is 0.180 e. The molecule has 0 aromatic carbocycles. The average Bonchev–Trinajstić information content (AvgIpc) is 3.24. The maximum atomic E-state index is 4.81. The number of rotatable bonds is 3. The normalized spacial score (nSPS) is 10.4. The lowest BCUT2D eigenvalue weighted by Gasteiger charge is -2.08. The van der Waals surface area contributed by atoms with Crippen molar-refractivity contribution < 1.29 is 0 Å². The fourth-order valence-electron chi connectivity index (χ4n) is 2.44. The molecule has 4 heterocycles. The zero-order chi connectivity index (χ0) is 19.1. The van der Waals surface area contributed by atoms with E-state index < -0.39 is 4.30 Å². The van der Waals surface area contributed by atoms with Crippen LogP contribution in [-0.4, -0.2) is 29.2 Å². The van der Waals surface area contributed by atoms with Crippen molar-refractivity contribution in [2.45, 2.75) is 4.30 Å². The number of halogens is 3. The Hall–Kier alpha value is -2.47. The molecule has 0 saturated heterocycles. The van der Waals surface area contributed by atoms with E-state index in [2.05, 4.69) is 19.9 Å². The summed E-state index contributed by atoms with van der Waals surface area (Å²) in [5.41, 5.74) is 5.83. The zero-order valence-electron chi connectivity index (χ0n) is 13.9. The van der Waals surface area contributed by atoms with Gasteiger partial charge in [-0.15, -0.1) is 0 Å². The van der Waals surface area contributed by atoms with Gasteiger partial charge in [0, 0.05) is 41.5 Å². The van der Waals surface area contributed by atoms with Crippen molar-refractivity contribution in [2.24, 2.45) is 0 Å². The molecule has 0 radical (unpaired) electrons. The van der Waals surface area contributed by atoms with E-state index in [-0.39, 0.29) is 0 Å². The summed E-state index contributed by atoms with van der Waals surface area (Å²) in [6.45, 7) is 0. The van der Waals surface area contributed by atoms with E-state index in [1.54, 1.807) is 31.1 Å². The van der Waals surface area contributed by atoms with Crippen molar-refractivity contribution in [3.05, 3.63) is 73.7 Å². The van der Waals surface area contributed by atoms with Gasteiger partial charge in [0.15, 0.2) is 4.30 Å². The third kappa shape index (κ3) is 5.50. The maximum absolute atomic E-state index is 4.81. The third-order valence-electron chi connectivity index (χ3n) is 3.59. The predicted molar refractivity (Wildman–Crippen MR) is 110 cm³/mol. The minimum atomic E-state index is -0.750. The molecule has 4 aromatic rings. The fourth-order valence-corrected chi connectivity index (χ4v) is 2.44. The molecular weight excluding hydrogens is 405 g/mol. The van der Waals surface area contributed by atoms with Gasteiger partial charge >= 0.3 is 0 Å². The predicted octanol–water partition coefficient (Wildman–Crippen LogP) is 5.58. The minimum Gasteiger partial charge on any atom is -0.345 e. The summed E-state index contributed by atoms with van der Waals surface area (Å²) < 4.78 is -0.750. The van der Waals surface area contributed by atoms with Gasteiger partial charge in [-0.05, 0) is 36.4 Å². The first-order valence-corrected chi connectivity index (χ1v) is 9.18. The Morgan fingerprint density at radius 2 is 1.19 bits per heavy atom. The van der Waals surface area contributed by atoms with Crippen molar-refractivity contribution in [3.63, 3.8) is 0 Å². The Morgan fingerprint density at radius 1 is 0.704 bits per heavy atom. The number of alkyl halides is 3. The number of aromatic amines is 1. The molecule has 0 fully saturated rings. The van der Waals surface area contributed by atoms with Crippen LogP contribution in [0.15, 0.2) is 73.7 Å². The number of H-pyrrole nitrogens is 1. The first-order chi connectivity index (χ1) is 13.1. The van der Waals surface area contributed by atoms with Crippen LogP contribution in [0.2, 0.25) is 0 Å². The molecule has 4 aromatic heterocycles. The average molecular weight is 419 g/mol. The third-order valence-corrected chi connectivity index (χ3v) is 3.59. The second kappa shape index (κ2) is 9.46. The van der Waals surface area contributed by atoms with Crippen LogP contribution < -0.4 is 0 Å². The van der Waals surface area contributed by atoms with Crippen molar-refractivity contribution >= 4 is 34.8 Å². The SMILES string of the molecule is ClC(Cl)Cl.c1cc(-c2cc(-c3cnc[nH]3)cc(-c3ccncc3)n2)ccn1. The number of hydrogen-bond acceptors (Lipinski definition) is 4. The molecule has 0 aliphatic rings. The van der Waals surface area contributed by atoms with Gasteiger partial charge < -0.3 is 4.98 Å². The van der Waals surface area contributed by atoms with Crippen molar-refractivity contribution in [3.8, 4) is 33.8 Å². The second-order valence-electron chi connectivity index (χ2n) is 5.31. The molecule has 0 spiro atoms. The molecule has 0 amide bonds. The van der Waals surface area contributed by atoms with Crippen LogP contribution in [0.3, 0.4) is 0 Å². The van der Waals surface area contributed by atoms with Crippen LogP contribution in [0.4, 0.5) is 0 Å². The minimum absolute atomic E-state index is 0.750. The molecule has 0 saturated carbocycles. The summed E-state index contributed by atoms with van der Waals surface area (Å²) in [7, 11) is 0. The molecule has 4 rings (SSSR count). The van der Waals surface area contributed by atoms with E-state index in [1.165, 1.54) is 0 Å². The van der Waals surface area contributed by atoms with Gasteiger partial charge in [-0.25, -0.2) is 9.97 Å². The van der Waals surface area contributed by atoms with E-state index in [4.69, 9.17) is 39.8 Å². The number of nitrogens with one attached hydrogen (secondary N) is 1. The lowest BCUT2D eigenvalue weighted by atomic mass is 10.0. The Labute approximate surface area is 171 Å². The monoisotopic (exact) mass is 417 g/mol. The van der Waals surface area contributed by atoms with Gasteiger partial charge in [0.25, 0.3) is 0 Å². The molecule has 1 N–H and O–H groups in total. The Kier molecular flexibility index (Phi) is 6.76. The van der Waals surface area contributed by atoms with E-state index in [0.717, 1.165) is 33.8 Å². The van der Waals surface area contributed by atoms with Gasteiger partial charge in [0.2, 0.25) is 0 Å². The summed E-state index contributed by atoms with van der Waals surface area (Å²) in [6.07, 6.45) is 10.6. The van der Waals surface area contributed by atoms with Crippen molar-refractivity contribution in [1.29, 1.82) is 0 Å². The molecule has 136 valence electrons. The van der Waals surface area contributed by atoms with Crippen molar-refractivity contribution in [2.75, 3.05) is 0 Å². The summed E-state index contributed by atoms with van der Waals surface area (Å²) in [5.74, 6) is 0. The van der Waals surface area contributed by atoms with Crippen LogP contribution in [-0.2, 0) is 0 Å². The zero-order valence-corrected chi connectivity index (χ0v) is 16.2. The molecule has 0 atom stereocenters. The van der Waals surface area contributed by atoms with E-state index in [9.17, 15) is 0 Å². The van der Waals surface area contributed by atoms with Gasteiger partial charge in [-0.3, -0.25) is 9.97 Å². The number of nitrogens with zero attached hydrogens (tertiary/aromatic N) is 4. The summed E-state index contributed by atoms with van der Waals surface area (Å²) in [5, 5.41) is 0. The quantitative estimate of drug-likeness (QED) is 0.441. The lowest BCUT2D eigenvalue weighted by Crippen LogP contribution is -1.91. The van der Waals surface area contributed by atoms with Gasteiger partial charge in [-0.2, -0.15) is 0 Å². The van der Waals surface area contributed by atoms with E-state index >= 15 is 0 Å². The summed E-state index contributed by atoms with van der Waals surface area (Å²) >= 11 is 14.4. The van der Waals surface area contributed by atoms with E-state index in [1.807, 2.05) is 42.6 Å². The summed E-state index contributed by atoms with van der Waals surface area (Å²) in [6, 6.07) is 11.9.